The molecule has 0 atom stereocenters. The third kappa shape index (κ3) is 2.97. The Labute approximate surface area is 110 Å². The number of nitrogen functional groups attached to an aromatic ring is 1. The van der Waals surface area contributed by atoms with Gasteiger partial charge in [-0.25, -0.2) is 15.8 Å². The molecule has 0 aliphatic carbocycles. The minimum Gasteiger partial charge on any atom is -0.362 e. The minimum atomic E-state index is 0.433. The fourth-order valence-corrected chi connectivity index (χ4v) is 1.61. The molecule has 8 heteroatoms. The van der Waals surface area contributed by atoms with Crippen molar-refractivity contribution in [3.05, 3.63) is 23.1 Å². The van der Waals surface area contributed by atoms with Crippen molar-refractivity contribution >= 4 is 11.6 Å². The highest BCUT2D eigenvalue weighted by molar-refractivity contribution is 5.56. The van der Waals surface area contributed by atoms with Crippen molar-refractivity contribution in [2.24, 2.45) is 5.84 Å². The van der Waals surface area contributed by atoms with E-state index >= 15 is 0 Å². The first-order valence-corrected chi connectivity index (χ1v) is 6.01. The summed E-state index contributed by atoms with van der Waals surface area (Å²) in [4.78, 5) is 12.8. The first-order chi connectivity index (χ1) is 9.13. The van der Waals surface area contributed by atoms with Crippen molar-refractivity contribution in [2.45, 2.75) is 33.7 Å². The van der Waals surface area contributed by atoms with Crippen molar-refractivity contribution in [1.82, 2.24) is 20.1 Å². The standard InChI is InChI=1S/C11H17N7O/c1-4-8-15-10(6(2)11(16-8)17-12)13-5-9-14-7(3)19-18-9/h4-5,12H2,1-3H3,(H2,13,15,16,17). The van der Waals surface area contributed by atoms with Crippen LogP contribution in [0.4, 0.5) is 11.6 Å². The molecule has 0 spiro atoms. The number of aryl methyl sites for hydroxylation is 2. The number of rotatable bonds is 5. The SMILES string of the molecule is CCc1nc(NN)c(C)c(NCc2noc(C)n2)n1. The van der Waals surface area contributed by atoms with Gasteiger partial charge in [-0.2, -0.15) is 4.98 Å². The van der Waals surface area contributed by atoms with E-state index in [-0.39, 0.29) is 0 Å². The molecule has 2 aromatic heterocycles. The van der Waals surface area contributed by atoms with Crippen LogP contribution in [-0.4, -0.2) is 20.1 Å². The Morgan fingerprint density at radius 3 is 2.42 bits per heavy atom. The summed E-state index contributed by atoms with van der Waals surface area (Å²) in [5, 5.41) is 6.97. The maximum Gasteiger partial charge on any atom is 0.223 e. The maximum atomic E-state index is 5.45. The summed E-state index contributed by atoms with van der Waals surface area (Å²) in [5.41, 5.74) is 3.42. The van der Waals surface area contributed by atoms with Gasteiger partial charge in [-0.15, -0.1) is 0 Å². The van der Waals surface area contributed by atoms with E-state index in [1.165, 1.54) is 0 Å². The smallest absolute Gasteiger partial charge is 0.223 e. The van der Waals surface area contributed by atoms with E-state index in [1.807, 2.05) is 13.8 Å². The Morgan fingerprint density at radius 2 is 1.84 bits per heavy atom. The Hall–Kier alpha value is -2.22. The van der Waals surface area contributed by atoms with Crippen LogP contribution in [0, 0.1) is 13.8 Å². The van der Waals surface area contributed by atoms with E-state index in [2.05, 4.69) is 30.9 Å². The average Bonchev–Trinajstić information content (AvgIpc) is 2.83. The van der Waals surface area contributed by atoms with E-state index in [9.17, 15) is 0 Å². The molecule has 0 unspecified atom stereocenters. The number of hydrogen-bond donors (Lipinski definition) is 3. The Balaban J connectivity index is 2.19. The fraction of sp³-hybridized carbons (Fsp3) is 0.455. The molecule has 0 saturated carbocycles. The Kier molecular flexibility index (Phi) is 3.91. The van der Waals surface area contributed by atoms with Gasteiger partial charge >= 0.3 is 0 Å². The zero-order valence-corrected chi connectivity index (χ0v) is 11.2. The van der Waals surface area contributed by atoms with E-state index in [4.69, 9.17) is 10.4 Å². The lowest BCUT2D eigenvalue weighted by Crippen LogP contribution is -2.15. The third-order valence-electron chi connectivity index (χ3n) is 2.63. The second kappa shape index (κ2) is 5.61. The molecule has 2 rings (SSSR count). The Morgan fingerprint density at radius 1 is 1.11 bits per heavy atom. The van der Waals surface area contributed by atoms with Gasteiger partial charge in [0, 0.05) is 18.9 Å². The van der Waals surface area contributed by atoms with Gasteiger partial charge in [-0.3, -0.25) is 0 Å². The lowest BCUT2D eigenvalue weighted by Gasteiger charge is -2.12. The zero-order chi connectivity index (χ0) is 13.8. The summed E-state index contributed by atoms with van der Waals surface area (Å²) < 4.78 is 4.91. The molecular weight excluding hydrogens is 246 g/mol. The molecule has 2 aromatic rings. The molecule has 0 saturated heterocycles. The number of anilines is 2. The summed E-state index contributed by atoms with van der Waals surface area (Å²) in [5.74, 6) is 8.60. The summed E-state index contributed by atoms with van der Waals surface area (Å²) in [6.45, 7) is 6.05. The summed E-state index contributed by atoms with van der Waals surface area (Å²) in [7, 11) is 0. The minimum absolute atomic E-state index is 0.433. The van der Waals surface area contributed by atoms with Crippen molar-refractivity contribution in [2.75, 3.05) is 10.7 Å². The summed E-state index contributed by atoms with van der Waals surface area (Å²) in [6, 6.07) is 0. The molecule has 2 heterocycles. The van der Waals surface area contributed by atoms with Gasteiger partial charge in [0.25, 0.3) is 0 Å². The van der Waals surface area contributed by atoms with Crippen molar-refractivity contribution in [3.8, 4) is 0 Å². The van der Waals surface area contributed by atoms with Gasteiger partial charge in [0.05, 0.1) is 6.54 Å². The first kappa shape index (κ1) is 13.2. The normalized spacial score (nSPS) is 10.5. The number of hydrogen-bond acceptors (Lipinski definition) is 8. The predicted molar refractivity (Wildman–Crippen MR) is 70.3 cm³/mol. The molecular formula is C11H17N7O. The molecule has 0 aromatic carbocycles. The van der Waals surface area contributed by atoms with E-state index in [0.717, 1.165) is 12.0 Å². The van der Waals surface area contributed by atoms with Gasteiger partial charge in [-0.1, -0.05) is 12.1 Å². The molecule has 0 radical (unpaired) electrons. The first-order valence-electron chi connectivity index (χ1n) is 6.01. The highest BCUT2D eigenvalue weighted by Gasteiger charge is 2.10. The molecule has 19 heavy (non-hydrogen) atoms. The number of nitrogens with one attached hydrogen (secondary N) is 2. The molecule has 0 amide bonds. The van der Waals surface area contributed by atoms with Crippen LogP contribution in [0.3, 0.4) is 0 Å². The van der Waals surface area contributed by atoms with Crippen LogP contribution in [-0.2, 0) is 13.0 Å². The molecule has 0 fully saturated rings. The van der Waals surface area contributed by atoms with Crippen LogP contribution in [0.25, 0.3) is 0 Å². The van der Waals surface area contributed by atoms with Crippen molar-refractivity contribution in [1.29, 1.82) is 0 Å². The highest BCUT2D eigenvalue weighted by atomic mass is 16.5. The van der Waals surface area contributed by atoms with Crippen LogP contribution in [0.2, 0.25) is 0 Å². The lowest BCUT2D eigenvalue weighted by atomic mass is 10.3. The van der Waals surface area contributed by atoms with Gasteiger partial charge in [0.15, 0.2) is 5.82 Å². The molecule has 0 aliphatic heterocycles. The largest absolute Gasteiger partial charge is 0.362 e. The molecule has 8 nitrogen and oxygen atoms in total. The highest BCUT2D eigenvalue weighted by Crippen LogP contribution is 2.19. The van der Waals surface area contributed by atoms with Crippen molar-refractivity contribution < 1.29 is 4.52 Å². The van der Waals surface area contributed by atoms with Crippen LogP contribution < -0.4 is 16.6 Å². The fourth-order valence-electron chi connectivity index (χ4n) is 1.61. The second-order valence-electron chi connectivity index (χ2n) is 4.04. The van der Waals surface area contributed by atoms with Crippen LogP contribution in [0.15, 0.2) is 4.52 Å². The topological polar surface area (TPSA) is 115 Å². The van der Waals surface area contributed by atoms with E-state index < -0.39 is 0 Å². The second-order valence-corrected chi connectivity index (χ2v) is 4.04. The monoisotopic (exact) mass is 263 g/mol. The molecule has 0 aliphatic rings. The van der Waals surface area contributed by atoms with Crippen LogP contribution in [0.1, 0.15) is 30.0 Å². The number of nitrogens with zero attached hydrogens (tertiary/aromatic N) is 4. The molecule has 4 N–H and O–H groups in total. The molecule has 0 bridgehead atoms. The van der Waals surface area contributed by atoms with E-state index in [1.54, 1.807) is 6.92 Å². The average molecular weight is 263 g/mol. The number of hydrazine groups is 1. The number of nitrogens with two attached hydrogens (primary N) is 1. The van der Waals surface area contributed by atoms with Gasteiger partial charge in [-0.05, 0) is 6.92 Å². The van der Waals surface area contributed by atoms with Crippen LogP contribution >= 0.6 is 0 Å². The van der Waals surface area contributed by atoms with Crippen molar-refractivity contribution in [3.63, 3.8) is 0 Å². The maximum absolute atomic E-state index is 5.45. The van der Waals surface area contributed by atoms with E-state index in [0.29, 0.717) is 35.7 Å². The quantitative estimate of drug-likeness (QED) is 0.539. The lowest BCUT2D eigenvalue weighted by molar-refractivity contribution is 0.388. The third-order valence-corrected chi connectivity index (χ3v) is 2.63. The summed E-state index contributed by atoms with van der Waals surface area (Å²) in [6.07, 6.45) is 0.727. The Bertz CT molecular complexity index is 566. The zero-order valence-electron chi connectivity index (χ0n) is 11.2. The van der Waals surface area contributed by atoms with Gasteiger partial charge < -0.3 is 15.3 Å². The molecule has 102 valence electrons. The van der Waals surface area contributed by atoms with Gasteiger partial charge in [0.1, 0.15) is 17.5 Å². The summed E-state index contributed by atoms with van der Waals surface area (Å²) >= 11 is 0. The van der Waals surface area contributed by atoms with Crippen LogP contribution in [0.5, 0.6) is 0 Å². The predicted octanol–water partition coefficient (Wildman–Crippen LogP) is 0.937. The van der Waals surface area contributed by atoms with Gasteiger partial charge in [0.2, 0.25) is 5.89 Å². The number of aromatic nitrogens is 4.